The zero-order chi connectivity index (χ0) is 11.4. The zero-order valence-electron chi connectivity index (χ0n) is 8.99. The van der Waals surface area contributed by atoms with E-state index in [4.69, 9.17) is 5.26 Å². The molecule has 2 nitrogen and oxygen atoms in total. The van der Waals surface area contributed by atoms with E-state index in [9.17, 15) is 0 Å². The summed E-state index contributed by atoms with van der Waals surface area (Å²) in [6.07, 6.45) is 0.268. The first-order valence-corrected chi connectivity index (χ1v) is 5.03. The Hall–Kier alpha value is -2.32. The average molecular weight is 206 g/mol. The Balaban J connectivity index is 2.43. The maximum absolute atomic E-state index is 8.38. The fraction of sp³-hybridized carbons (Fsp3) is 0.143. The number of fused-ring (bicyclic) bond motifs is 1. The third-order valence-corrected chi connectivity index (χ3v) is 2.23. The molecular formula is C14H10N2. The van der Waals surface area contributed by atoms with Gasteiger partial charge in [0, 0.05) is 16.6 Å². The minimum absolute atomic E-state index is 0.268. The molecule has 0 fully saturated rings. The molecule has 0 amide bonds. The van der Waals surface area contributed by atoms with Crippen molar-refractivity contribution in [1.29, 1.82) is 5.26 Å². The summed E-state index contributed by atoms with van der Waals surface area (Å²) >= 11 is 0. The third kappa shape index (κ3) is 2.19. The maximum atomic E-state index is 8.38. The van der Waals surface area contributed by atoms with Crippen LogP contribution in [0.4, 0.5) is 0 Å². The van der Waals surface area contributed by atoms with Gasteiger partial charge in [-0.1, -0.05) is 17.9 Å². The quantitative estimate of drug-likeness (QED) is 0.621. The molecule has 76 valence electrons. The molecule has 0 aliphatic carbocycles. The van der Waals surface area contributed by atoms with Crippen LogP contribution in [0.25, 0.3) is 10.9 Å². The van der Waals surface area contributed by atoms with Gasteiger partial charge in [-0.15, -0.1) is 0 Å². The summed E-state index contributed by atoms with van der Waals surface area (Å²) in [7, 11) is 0. The van der Waals surface area contributed by atoms with Crippen molar-refractivity contribution in [2.24, 2.45) is 0 Å². The molecule has 2 heteroatoms. The lowest BCUT2D eigenvalue weighted by Crippen LogP contribution is -1.83. The van der Waals surface area contributed by atoms with Crippen molar-refractivity contribution >= 4 is 10.9 Å². The number of hydrogen-bond donors (Lipinski definition) is 0. The summed E-state index contributed by atoms with van der Waals surface area (Å²) < 4.78 is 0. The maximum Gasteiger partial charge on any atom is 0.0966 e. The van der Waals surface area contributed by atoms with Gasteiger partial charge in [0.15, 0.2) is 0 Å². The lowest BCUT2D eigenvalue weighted by atomic mass is 10.1. The Kier molecular flexibility index (Phi) is 2.85. The van der Waals surface area contributed by atoms with Gasteiger partial charge in [0.1, 0.15) is 0 Å². The molecule has 0 aliphatic heterocycles. The monoisotopic (exact) mass is 206 g/mol. The highest BCUT2D eigenvalue weighted by atomic mass is 14.7. The SMILES string of the molecule is Cc1ccc2cc(C#CCC#N)ccc2n1. The number of aromatic nitrogens is 1. The van der Waals surface area contributed by atoms with Gasteiger partial charge < -0.3 is 0 Å². The third-order valence-electron chi connectivity index (χ3n) is 2.23. The van der Waals surface area contributed by atoms with Gasteiger partial charge in [-0.05, 0) is 31.2 Å². The minimum Gasteiger partial charge on any atom is -0.253 e. The fourth-order valence-electron chi connectivity index (χ4n) is 1.49. The molecule has 0 unspecified atom stereocenters. The van der Waals surface area contributed by atoms with E-state index in [1.54, 1.807) is 0 Å². The standard InChI is InChI=1S/C14H10N2/c1-11-5-7-13-10-12(4-2-3-9-15)6-8-14(13)16-11/h5-8,10H,3H2,1H3. The topological polar surface area (TPSA) is 36.7 Å². The Labute approximate surface area is 94.5 Å². The summed E-state index contributed by atoms with van der Waals surface area (Å²) in [6.45, 7) is 1.97. The highest BCUT2D eigenvalue weighted by Crippen LogP contribution is 2.14. The number of benzene rings is 1. The van der Waals surface area contributed by atoms with Crippen molar-refractivity contribution < 1.29 is 0 Å². The second-order valence-corrected chi connectivity index (χ2v) is 3.50. The van der Waals surface area contributed by atoms with Crippen LogP contribution in [0.15, 0.2) is 30.3 Å². The van der Waals surface area contributed by atoms with Crippen LogP contribution in [0.5, 0.6) is 0 Å². The predicted octanol–water partition coefficient (Wildman–Crippen LogP) is 2.81. The molecule has 0 bridgehead atoms. The Morgan fingerprint density at radius 3 is 2.94 bits per heavy atom. The van der Waals surface area contributed by atoms with Crippen LogP contribution in [-0.2, 0) is 0 Å². The molecule has 1 aromatic heterocycles. The van der Waals surface area contributed by atoms with Crippen molar-refractivity contribution in [3.05, 3.63) is 41.6 Å². The van der Waals surface area contributed by atoms with Crippen LogP contribution in [0.2, 0.25) is 0 Å². The molecule has 2 aromatic rings. The normalized spacial score (nSPS) is 9.25. The molecule has 0 N–H and O–H groups in total. The number of rotatable bonds is 0. The minimum atomic E-state index is 0.268. The summed E-state index contributed by atoms with van der Waals surface area (Å²) in [5, 5.41) is 9.46. The van der Waals surface area contributed by atoms with Crippen LogP contribution in [0.1, 0.15) is 17.7 Å². The van der Waals surface area contributed by atoms with Crippen molar-refractivity contribution in [3.63, 3.8) is 0 Å². The summed E-state index contributed by atoms with van der Waals surface area (Å²) in [5.41, 5.74) is 2.91. The van der Waals surface area contributed by atoms with Gasteiger partial charge in [-0.3, -0.25) is 4.98 Å². The van der Waals surface area contributed by atoms with E-state index in [1.807, 2.05) is 43.3 Å². The van der Waals surface area contributed by atoms with Crippen LogP contribution in [0.3, 0.4) is 0 Å². The largest absolute Gasteiger partial charge is 0.253 e. The van der Waals surface area contributed by atoms with Crippen molar-refractivity contribution in [2.45, 2.75) is 13.3 Å². The number of nitrogens with zero attached hydrogens (tertiary/aromatic N) is 2. The first kappa shape index (κ1) is 10.2. The number of aryl methyl sites for hydroxylation is 1. The molecule has 0 spiro atoms. The molecule has 1 heterocycles. The van der Waals surface area contributed by atoms with Gasteiger partial charge in [0.2, 0.25) is 0 Å². The van der Waals surface area contributed by atoms with Gasteiger partial charge >= 0.3 is 0 Å². The lowest BCUT2D eigenvalue weighted by Gasteiger charge is -1.98. The molecule has 2 rings (SSSR count). The summed E-state index contributed by atoms with van der Waals surface area (Å²) in [6, 6.07) is 11.9. The fourth-order valence-corrected chi connectivity index (χ4v) is 1.49. The Morgan fingerprint density at radius 1 is 1.25 bits per heavy atom. The van der Waals surface area contributed by atoms with Crippen molar-refractivity contribution in [1.82, 2.24) is 4.98 Å². The van der Waals surface area contributed by atoms with Crippen molar-refractivity contribution in [2.75, 3.05) is 0 Å². The Morgan fingerprint density at radius 2 is 2.12 bits per heavy atom. The van der Waals surface area contributed by atoms with Gasteiger partial charge in [0.05, 0.1) is 18.0 Å². The molecule has 0 saturated carbocycles. The second kappa shape index (κ2) is 4.47. The first-order valence-electron chi connectivity index (χ1n) is 5.03. The second-order valence-electron chi connectivity index (χ2n) is 3.50. The van der Waals surface area contributed by atoms with Crippen LogP contribution < -0.4 is 0 Å². The number of hydrogen-bond acceptors (Lipinski definition) is 2. The van der Waals surface area contributed by atoms with E-state index in [2.05, 4.69) is 16.8 Å². The van der Waals surface area contributed by atoms with Crippen LogP contribution in [0, 0.1) is 30.1 Å². The number of pyridine rings is 1. The van der Waals surface area contributed by atoms with E-state index in [0.717, 1.165) is 22.2 Å². The van der Waals surface area contributed by atoms with Gasteiger partial charge in [-0.2, -0.15) is 5.26 Å². The molecule has 16 heavy (non-hydrogen) atoms. The zero-order valence-corrected chi connectivity index (χ0v) is 8.99. The predicted molar refractivity (Wildman–Crippen MR) is 63.6 cm³/mol. The summed E-state index contributed by atoms with van der Waals surface area (Å²) in [5.74, 6) is 5.75. The molecule has 0 aliphatic rings. The molecular weight excluding hydrogens is 196 g/mol. The van der Waals surface area contributed by atoms with Crippen molar-refractivity contribution in [3.8, 4) is 17.9 Å². The molecule has 0 saturated heterocycles. The Bertz CT molecular complexity index is 624. The highest BCUT2D eigenvalue weighted by Gasteiger charge is 1.95. The number of nitriles is 1. The van der Waals surface area contributed by atoms with E-state index >= 15 is 0 Å². The van der Waals surface area contributed by atoms with Crippen LogP contribution in [-0.4, -0.2) is 4.98 Å². The van der Waals surface area contributed by atoms with E-state index in [-0.39, 0.29) is 6.42 Å². The lowest BCUT2D eigenvalue weighted by molar-refractivity contribution is 1.25. The molecule has 0 radical (unpaired) electrons. The molecule has 0 atom stereocenters. The first-order chi connectivity index (χ1) is 7.79. The summed E-state index contributed by atoms with van der Waals surface area (Å²) in [4.78, 5) is 4.41. The highest BCUT2D eigenvalue weighted by molar-refractivity contribution is 5.80. The molecule has 1 aromatic carbocycles. The van der Waals surface area contributed by atoms with Gasteiger partial charge in [-0.25, -0.2) is 0 Å². The van der Waals surface area contributed by atoms with E-state index < -0.39 is 0 Å². The van der Waals surface area contributed by atoms with E-state index in [0.29, 0.717) is 0 Å². The van der Waals surface area contributed by atoms with Crippen LogP contribution >= 0.6 is 0 Å². The smallest absolute Gasteiger partial charge is 0.0966 e. The van der Waals surface area contributed by atoms with Gasteiger partial charge in [0.25, 0.3) is 0 Å². The average Bonchev–Trinajstić information content (AvgIpc) is 2.29. The van der Waals surface area contributed by atoms with E-state index in [1.165, 1.54) is 0 Å².